The van der Waals surface area contributed by atoms with Crippen LogP contribution in [0.2, 0.25) is 18.1 Å². The van der Waals surface area contributed by atoms with Crippen molar-refractivity contribution in [1.82, 2.24) is 4.72 Å². The van der Waals surface area contributed by atoms with E-state index in [1.165, 1.54) is 12.1 Å². The number of fused-ring (bicyclic) bond motifs is 1. The number of nitrogens with zero attached hydrogens (tertiary/aromatic N) is 3. The molecule has 1 heterocycles. The molecule has 0 aromatic heterocycles. The van der Waals surface area contributed by atoms with Crippen molar-refractivity contribution >= 4 is 19.7 Å². The van der Waals surface area contributed by atoms with E-state index in [0.29, 0.717) is 23.3 Å². The standard InChI is InChI=1S/C22H37FN4O3SSi/c1-15(26-31(28)20(2,3)4)18-11-17(23)10-16-12-22(13-25-27-24,30-19(16)18)14-29-32(8,9)21(5,6)7/h10-11,15,26H,12-14H2,1-9H3/t15-,22-,31-/m1/s1. The predicted octanol–water partition coefficient (Wildman–Crippen LogP) is 5.94. The molecule has 1 N–H and O–H groups in total. The van der Waals surface area contributed by atoms with Gasteiger partial charge in [-0.15, -0.1) is 4.72 Å². The SMILES string of the molecule is C[C@@H](N[S@+]([O-])C(C)(C)C)c1cc(F)cc2c1O[C@](CN=[N+]=[N-])(CO[Si](C)(C)C(C)(C)C)C2. The molecule has 0 radical (unpaired) electrons. The largest absolute Gasteiger partial charge is 0.598 e. The molecule has 180 valence electrons. The van der Waals surface area contributed by atoms with E-state index in [1.54, 1.807) is 0 Å². The van der Waals surface area contributed by atoms with Crippen LogP contribution < -0.4 is 9.46 Å². The number of halogens is 1. The third kappa shape index (κ3) is 6.18. The predicted molar refractivity (Wildman–Crippen MR) is 130 cm³/mol. The van der Waals surface area contributed by atoms with Gasteiger partial charge in [0.25, 0.3) is 0 Å². The van der Waals surface area contributed by atoms with Gasteiger partial charge < -0.3 is 13.7 Å². The van der Waals surface area contributed by atoms with E-state index >= 15 is 0 Å². The van der Waals surface area contributed by atoms with Crippen LogP contribution in [0.1, 0.15) is 65.6 Å². The van der Waals surface area contributed by atoms with Gasteiger partial charge in [-0.25, -0.2) is 4.39 Å². The normalized spacial score (nSPS) is 20.8. The number of nitrogens with one attached hydrogen (secondary N) is 1. The van der Waals surface area contributed by atoms with Crippen LogP contribution >= 0.6 is 0 Å². The second-order valence-corrected chi connectivity index (χ2v) is 17.9. The lowest BCUT2D eigenvalue weighted by Crippen LogP contribution is -2.49. The van der Waals surface area contributed by atoms with Gasteiger partial charge in [0, 0.05) is 33.8 Å². The summed E-state index contributed by atoms with van der Waals surface area (Å²) in [6.45, 7) is 18.5. The van der Waals surface area contributed by atoms with Gasteiger partial charge in [0.15, 0.2) is 8.32 Å². The van der Waals surface area contributed by atoms with Gasteiger partial charge in [-0.3, -0.25) is 0 Å². The molecule has 2 rings (SSSR count). The summed E-state index contributed by atoms with van der Waals surface area (Å²) in [5, 5.41) is 3.79. The fourth-order valence-electron chi connectivity index (χ4n) is 3.15. The lowest BCUT2D eigenvalue weighted by atomic mass is 9.96. The molecule has 0 bridgehead atoms. The van der Waals surface area contributed by atoms with E-state index in [0.717, 1.165) is 0 Å². The molecular weight excluding hydrogens is 447 g/mol. The highest BCUT2D eigenvalue weighted by molar-refractivity contribution is 7.90. The first-order chi connectivity index (χ1) is 14.5. The van der Waals surface area contributed by atoms with Gasteiger partial charge in [-0.1, -0.05) is 25.9 Å². The van der Waals surface area contributed by atoms with Gasteiger partial charge in [0.2, 0.25) is 0 Å². The minimum absolute atomic E-state index is 0.00483. The average molecular weight is 485 g/mol. The maximum Gasteiger partial charge on any atom is 0.192 e. The van der Waals surface area contributed by atoms with Crippen LogP contribution in [0.15, 0.2) is 17.2 Å². The summed E-state index contributed by atoms with van der Waals surface area (Å²) in [7, 11) is -2.09. The van der Waals surface area contributed by atoms with Crippen molar-refractivity contribution in [2.75, 3.05) is 13.2 Å². The number of rotatable bonds is 8. The van der Waals surface area contributed by atoms with Crippen LogP contribution in [0.4, 0.5) is 4.39 Å². The molecule has 1 aromatic rings. The Labute approximate surface area is 195 Å². The van der Waals surface area contributed by atoms with Crippen LogP contribution in [-0.4, -0.2) is 36.4 Å². The quantitative estimate of drug-likeness (QED) is 0.162. The minimum atomic E-state index is -2.09. The average Bonchev–Trinajstić information content (AvgIpc) is 3.01. The van der Waals surface area contributed by atoms with Crippen molar-refractivity contribution in [2.45, 2.75) is 89.4 Å². The van der Waals surface area contributed by atoms with E-state index in [9.17, 15) is 8.94 Å². The van der Waals surface area contributed by atoms with Gasteiger partial charge in [-0.05, 0) is 63.5 Å². The van der Waals surface area contributed by atoms with Crippen LogP contribution in [0, 0.1) is 5.82 Å². The summed E-state index contributed by atoms with van der Waals surface area (Å²) < 4.78 is 42.5. The number of ether oxygens (including phenoxy) is 1. The second kappa shape index (κ2) is 9.52. The van der Waals surface area contributed by atoms with E-state index in [4.69, 9.17) is 14.7 Å². The van der Waals surface area contributed by atoms with E-state index in [1.807, 2.05) is 27.7 Å². The molecule has 1 aliphatic rings. The monoisotopic (exact) mass is 484 g/mol. The fraction of sp³-hybridized carbons (Fsp3) is 0.727. The van der Waals surface area contributed by atoms with Gasteiger partial charge in [0.1, 0.15) is 21.9 Å². The van der Waals surface area contributed by atoms with Crippen LogP contribution in [0.25, 0.3) is 10.4 Å². The zero-order chi connectivity index (χ0) is 24.5. The maximum absolute atomic E-state index is 14.5. The lowest BCUT2D eigenvalue weighted by molar-refractivity contribution is 0.0400. The topological polar surface area (TPSA) is 102 Å². The van der Waals surface area contributed by atoms with Crippen LogP contribution in [0.5, 0.6) is 5.75 Å². The summed E-state index contributed by atoms with van der Waals surface area (Å²) in [5.41, 5.74) is 9.32. The zero-order valence-corrected chi connectivity index (χ0v) is 22.5. The van der Waals surface area contributed by atoms with Crippen LogP contribution in [0.3, 0.4) is 0 Å². The third-order valence-electron chi connectivity index (χ3n) is 6.22. The summed E-state index contributed by atoms with van der Waals surface area (Å²) in [5.74, 6) is 0.159. The molecule has 1 aliphatic heterocycles. The summed E-state index contributed by atoms with van der Waals surface area (Å²) in [6.07, 6.45) is 0.371. The van der Waals surface area contributed by atoms with E-state index in [-0.39, 0.29) is 24.0 Å². The number of azide groups is 1. The highest BCUT2D eigenvalue weighted by Crippen LogP contribution is 2.43. The molecule has 1 aromatic carbocycles. The summed E-state index contributed by atoms with van der Waals surface area (Å²) >= 11 is -1.33. The van der Waals surface area contributed by atoms with Crippen molar-refractivity contribution < 1.29 is 18.1 Å². The number of hydrogen-bond acceptors (Lipinski definition) is 5. The Morgan fingerprint density at radius 2 is 1.97 bits per heavy atom. The Morgan fingerprint density at radius 3 is 2.50 bits per heavy atom. The summed E-state index contributed by atoms with van der Waals surface area (Å²) in [6, 6.07) is 2.46. The fourth-order valence-corrected chi connectivity index (χ4v) is 5.01. The zero-order valence-electron chi connectivity index (χ0n) is 20.7. The van der Waals surface area contributed by atoms with Gasteiger partial charge in [-0.2, -0.15) is 0 Å². The molecule has 10 heteroatoms. The number of hydrogen-bond donors (Lipinski definition) is 1. The molecule has 0 saturated heterocycles. The Kier molecular flexibility index (Phi) is 8.02. The molecule has 0 amide bonds. The highest BCUT2D eigenvalue weighted by atomic mass is 32.2. The van der Waals surface area contributed by atoms with E-state index < -0.39 is 36.1 Å². The molecular formula is C22H37FN4O3SSi. The number of benzene rings is 1. The van der Waals surface area contributed by atoms with Crippen LogP contribution in [-0.2, 0) is 22.2 Å². The minimum Gasteiger partial charge on any atom is -0.598 e. The molecule has 0 saturated carbocycles. The Morgan fingerprint density at radius 1 is 1.34 bits per heavy atom. The smallest absolute Gasteiger partial charge is 0.192 e. The maximum atomic E-state index is 14.5. The molecule has 0 unspecified atom stereocenters. The molecule has 0 spiro atoms. The first-order valence-electron chi connectivity index (χ1n) is 10.9. The van der Waals surface area contributed by atoms with Gasteiger partial charge >= 0.3 is 0 Å². The molecule has 32 heavy (non-hydrogen) atoms. The van der Waals surface area contributed by atoms with Crippen molar-refractivity contribution in [3.8, 4) is 5.75 Å². The Hall–Kier alpha value is -1.29. The molecule has 3 atom stereocenters. The first-order valence-corrected chi connectivity index (χ1v) is 14.9. The third-order valence-corrected chi connectivity index (χ3v) is 12.4. The van der Waals surface area contributed by atoms with Gasteiger partial charge in [0.05, 0.1) is 19.2 Å². The summed E-state index contributed by atoms with van der Waals surface area (Å²) in [4.78, 5) is 2.92. The first kappa shape index (κ1) is 27.0. The van der Waals surface area contributed by atoms with Crippen molar-refractivity contribution in [3.63, 3.8) is 0 Å². The van der Waals surface area contributed by atoms with Crippen molar-refractivity contribution in [1.29, 1.82) is 0 Å². The molecule has 0 fully saturated rings. The highest BCUT2D eigenvalue weighted by Gasteiger charge is 2.45. The molecule has 7 nitrogen and oxygen atoms in total. The molecule has 0 aliphatic carbocycles. The van der Waals surface area contributed by atoms with Crippen molar-refractivity contribution in [2.24, 2.45) is 5.11 Å². The van der Waals surface area contributed by atoms with E-state index in [2.05, 4.69) is 48.6 Å². The Balaban J connectivity index is 2.37. The second-order valence-electron chi connectivity index (χ2n) is 11.1. The lowest BCUT2D eigenvalue weighted by Gasteiger charge is -2.39. The Bertz CT molecular complexity index is 881. The van der Waals surface area contributed by atoms with Crippen molar-refractivity contribution in [3.05, 3.63) is 39.5 Å².